The van der Waals surface area contributed by atoms with E-state index in [-0.39, 0.29) is 17.5 Å². The Morgan fingerprint density at radius 2 is 2.15 bits per heavy atom. The topological polar surface area (TPSA) is 90.0 Å². The van der Waals surface area contributed by atoms with Gasteiger partial charge in [0.1, 0.15) is 0 Å². The van der Waals surface area contributed by atoms with Crippen LogP contribution in [0.25, 0.3) is 0 Å². The van der Waals surface area contributed by atoms with Crippen molar-refractivity contribution in [1.29, 1.82) is 0 Å². The molecule has 6 nitrogen and oxygen atoms in total. The summed E-state index contributed by atoms with van der Waals surface area (Å²) in [5, 5.41) is 3.99. The molecule has 0 aliphatic rings. The van der Waals surface area contributed by atoms with E-state index in [4.69, 9.17) is 5.73 Å². The number of hydrogen-bond donors (Lipinski definition) is 2. The van der Waals surface area contributed by atoms with Crippen molar-refractivity contribution in [3.8, 4) is 0 Å². The van der Waals surface area contributed by atoms with Crippen LogP contribution in [0.4, 0.5) is 0 Å². The van der Waals surface area contributed by atoms with Crippen molar-refractivity contribution in [2.75, 3.05) is 0 Å². The van der Waals surface area contributed by atoms with Gasteiger partial charge in [0.25, 0.3) is 0 Å². The Hall–Kier alpha value is -1.70. The van der Waals surface area contributed by atoms with Gasteiger partial charge in [-0.1, -0.05) is 12.1 Å². The Morgan fingerprint density at radius 1 is 1.40 bits per heavy atom. The number of nitrogens with one attached hydrogen (secondary N) is 1. The maximum absolute atomic E-state index is 12.2. The highest BCUT2D eigenvalue weighted by molar-refractivity contribution is 7.89. The Balaban J connectivity index is 2.18. The van der Waals surface area contributed by atoms with Crippen LogP contribution in [0, 0.1) is 0 Å². The highest BCUT2D eigenvalue weighted by Gasteiger charge is 2.15. The van der Waals surface area contributed by atoms with Gasteiger partial charge < -0.3 is 5.73 Å². The van der Waals surface area contributed by atoms with Gasteiger partial charge in [-0.15, -0.1) is 0 Å². The molecule has 0 radical (unpaired) electrons. The van der Waals surface area contributed by atoms with E-state index in [0.717, 1.165) is 11.3 Å². The molecule has 2 rings (SSSR count). The standard InChI is InChI=1S/C13H18N4O2S/c1-10(14)11-4-3-5-13(8-11)20(18,19)16-9-12-6-7-15-17(12)2/h3-8,10,16H,9,14H2,1-2H3. The minimum atomic E-state index is -3.56. The van der Waals surface area contributed by atoms with E-state index in [1.807, 2.05) is 13.0 Å². The Labute approximate surface area is 118 Å². The zero-order valence-electron chi connectivity index (χ0n) is 11.4. The van der Waals surface area contributed by atoms with Crippen molar-refractivity contribution >= 4 is 10.0 Å². The number of hydrogen-bond acceptors (Lipinski definition) is 4. The van der Waals surface area contributed by atoms with E-state index in [9.17, 15) is 8.42 Å². The second kappa shape index (κ2) is 5.74. The third-order valence-electron chi connectivity index (χ3n) is 3.06. The molecule has 0 fully saturated rings. The largest absolute Gasteiger partial charge is 0.324 e. The van der Waals surface area contributed by atoms with E-state index in [0.29, 0.717) is 0 Å². The quantitative estimate of drug-likeness (QED) is 0.858. The Kier molecular flexibility index (Phi) is 4.22. The van der Waals surface area contributed by atoms with Crippen LogP contribution in [-0.4, -0.2) is 18.2 Å². The summed E-state index contributed by atoms with van der Waals surface area (Å²) in [6.45, 7) is 2.01. The monoisotopic (exact) mass is 294 g/mol. The number of sulfonamides is 1. The van der Waals surface area contributed by atoms with E-state index in [1.54, 1.807) is 42.2 Å². The molecule has 0 amide bonds. The Morgan fingerprint density at radius 3 is 2.75 bits per heavy atom. The van der Waals surface area contributed by atoms with Gasteiger partial charge in [-0.3, -0.25) is 4.68 Å². The molecule has 2 aromatic rings. The lowest BCUT2D eigenvalue weighted by Crippen LogP contribution is -2.24. The lowest BCUT2D eigenvalue weighted by Gasteiger charge is -2.10. The van der Waals surface area contributed by atoms with Gasteiger partial charge in [-0.2, -0.15) is 5.10 Å². The van der Waals surface area contributed by atoms with Crippen molar-refractivity contribution in [2.24, 2.45) is 12.8 Å². The number of nitrogens with two attached hydrogens (primary N) is 1. The van der Waals surface area contributed by atoms with Crippen LogP contribution >= 0.6 is 0 Å². The van der Waals surface area contributed by atoms with Gasteiger partial charge in [0.15, 0.2) is 0 Å². The van der Waals surface area contributed by atoms with Crippen LogP contribution in [0.1, 0.15) is 24.2 Å². The molecule has 1 atom stereocenters. The fourth-order valence-electron chi connectivity index (χ4n) is 1.79. The van der Waals surface area contributed by atoms with Gasteiger partial charge in [-0.05, 0) is 30.7 Å². The fraction of sp³-hybridized carbons (Fsp3) is 0.308. The SMILES string of the molecule is CC(N)c1cccc(S(=O)(=O)NCc2ccnn2C)c1. The highest BCUT2D eigenvalue weighted by Crippen LogP contribution is 2.16. The second-order valence-electron chi connectivity index (χ2n) is 4.63. The smallest absolute Gasteiger partial charge is 0.240 e. The fourth-order valence-corrected chi connectivity index (χ4v) is 2.85. The number of aromatic nitrogens is 2. The Bertz CT molecular complexity index is 692. The molecule has 108 valence electrons. The molecule has 1 unspecified atom stereocenters. The third kappa shape index (κ3) is 3.24. The molecule has 0 aliphatic heterocycles. The molecular formula is C13H18N4O2S. The van der Waals surface area contributed by atoms with Crippen LogP contribution in [0.2, 0.25) is 0 Å². The minimum absolute atomic E-state index is 0.196. The zero-order chi connectivity index (χ0) is 14.8. The minimum Gasteiger partial charge on any atom is -0.324 e. The highest BCUT2D eigenvalue weighted by atomic mass is 32.2. The lowest BCUT2D eigenvalue weighted by atomic mass is 10.1. The molecule has 1 aromatic heterocycles. The first kappa shape index (κ1) is 14.7. The summed E-state index contributed by atoms with van der Waals surface area (Å²) in [5.74, 6) is 0. The third-order valence-corrected chi connectivity index (χ3v) is 4.46. The van der Waals surface area contributed by atoms with Crippen molar-refractivity contribution in [2.45, 2.75) is 24.4 Å². The summed E-state index contributed by atoms with van der Waals surface area (Å²) in [5.41, 5.74) is 7.34. The molecule has 1 heterocycles. The maximum atomic E-state index is 12.2. The van der Waals surface area contributed by atoms with Gasteiger partial charge >= 0.3 is 0 Å². The van der Waals surface area contributed by atoms with Crippen LogP contribution in [-0.2, 0) is 23.6 Å². The summed E-state index contributed by atoms with van der Waals surface area (Å²) in [4.78, 5) is 0.217. The molecule has 3 N–H and O–H groups in total. The first-order valence-electron chi connectivity index (χ1n) is 6.22. The van der Waals surface area contributed by atoms with Crippen molar-refractivity contribution < 1.29 is 8.42 Å². The van der Waals surface area contributed by atoms with Crippen molar-refractivity contribution in [1.82, 2.24) is 14.5 Å². The van der Waals surface area contributed by atoms with Crippen LogP contribution in [0.5, 0.6) is 0 Å². The second-order valence-corrected chi connectivity index (χ2v) is 6.40. The molecule has 1 aromatic carbocycles. The molecule has 0 saturated heterocycles. The van der Waals surface area contributed by atoms with Crippen molar-refractivity contribution in [3.05, 3.63) is 47.8 Å². The molecule has 0 aliphatic carbocycles. The average molecular weight is 294 g/mol. The van der Waals surface area contributed by atoms with Crippen LogP contribution in [0.15, 0.2) is 41.4 Å². The predicted molar refractivity (Wildman–Crippen MR) is 76.3 cm³/mol. The first-order valence-corrected chi connectivity index (χ1v) is 7.70. The van der Waals surface area contributed by atoms with Gasteiger partial charge in [-0.25, -0.2) is 13.1 Å². The molecule has 0 saturated carbocycles. The zero-order valence-corrected chi connectivity index (χ0v) is 12.3. The molecular weight excluding hydrogens is 276 g/mol. The molecule has 0 spiro atoms. The lowest BCUT2D eigenvalue weighted by molar-refractivity contribution is 0.577. The van der Waals surface area contributed by atoms with Gasteiger partial charge in [0.2, 0.25) is 10.0 Å². The van der Waals surface area contributed by atoms with E-state index in [1.165, 1.54) is 0 Å². The predicted octanol–water partition coefficient (Wildman–Crippen LogP) is 0.918. The van der Waals surface area contributed by atoms with E-state index in [2.05, 4.69) is 9.82 Å². The van der Waals surface area contributed by atoms with Crippen LogP contribution in [0.3, 0.4) is 0 Å². The summed E-state index contributed by atoms with van der Waals surface area (Å²) in [7, 11) is -1.79. The summed E-state index contributed by atoms with van der Waals surface area (Å²) in [6, 6.07) is 8.21. The van der Waals surface area contributed by atoms with E-state index >= 15 is 0 Å². The molecule has 0 bridgehead atoms. The number of rotatable bonds is 5. The van der Waals surface area contributed by atoms with Gasteiger partial charge in [0, 0.05) is 19.3 Å². The van der Waals surface area contributed by atoms with Crippen LogP contribution < -0.4 is 10.5 Å². The first-order chi connectivity index (χ1) is 9.40. The summed E-state index contributed by atoms with van der Waals surface area (Å²) >= 11 is 0. The normalized spacial score (nSPS) is 13.3. The summed E-state index contributed by atoms with van der Waals surface area (Å²) < 4.78 is 28.6. The average Bonchev–Trinajstić information content (AvgIpc) is 2.82. The van der Waals surface area contributed by atoms with E-state index < -0.39 is 10.0 Å². The maximum Gasteiger partial charge on any atom is 0.240 e. The number of benzene rings is 1. The summed E-state index contributed by atoms with van der Waals surface area (Å²) in [6.07, 6.45) is 1.63. The number of aryl methyl sites for hydroxylation is 1. The number of nitrogens with zero attached hydrogens (tertiary/aromatic N) is 2. The molecule has 7 heteroatoms. The molecule has 20 heavy (non-hydrogen) atoms. The van der Waals surface area contributed by atoms with Gasteiger partial charge in [0.05, 0.1) is 17.1 Å². The van der Waals surface area contributed by atoms with Crippen molar-refractivity contribution in [3.63, 3.8) is 0 Å².